The van der Waals surface area contributed by atoms with Crippen molar-refractivity contribution in [1.29, 1.82) is 0 Å². The van der Waals surface area contributed by atoms with Crippen LogP contribution in [0.1, 0.15) is 34.5 Å². The summed E-state index contributed by atoms with van der Waals surface area (Å²) < 4.78 is 0. The maximum Gasteiger partial charge on any atom is 0.253 e. The molecule has 3 N–H and O–H groups in total. The first kappa shape index (κ1) is 14.4. The molecule has 2 aromatic rings. The molecule has 0 saturated heterocycles. The Morgan fingerprint density at radius 3 is 2.50 bits per heavy atom. The van der Waals surface area contributed by atoms with E-state index in [-0.39, 0.29) is 11.9 Å². The summed E-state index contributed by atoms with van der Waals surface area (Å²) >= 11 is 5.85. The van der Waals surface area contributed by atoms with Crippen LogP contribution in [0, 0.1) is 6.92 Å². The van der Waals surface area contributed by atoms with Crippen LogP contribution in [0.15, 0.2) is 42.5 Å². The first-order valence-electron chi connectivity index (χ1n) is 6.40. The molecule has 2 rings (SSSR count). The van der Waals surface area contributed by atoms with Gasteiger partial charge < -0.3 is 11.1 Å². The average Bonchev–Trinajstić information content (AvgIpc) is 2.42. The highest BCUT2D eigenvalue weighted by Gasteiger charge is 2.13. The summed E-state index contributed by atoms with van der Waals surface area (Å²) in [5.41, 5.74) is 8.83. The summed E-state index contributed by atoms with van der Waals surface area (Å²) in [5.74, 6) is -0.173. The highest BCUT2D eigenvalue weighted by Crippen LogP contribution is 2.18. The third-order valence-corrected chi connectivity index (χ3v) is 3.42. The lowest BCUT2D eigenvalue weighted by molar-refractivity contribution is 0.0940. The number of nitrogens with one attached hydrogen (secondary N) is 1. The summed E-state index contributed by atoms with van der Waals surface area (Å²) in [7, 11) is 0. The zero-order chi connectivity index (χ0) is 14.7. The van der Waals surface area contributed by atoms with Gasteiger partial charge in [-0.05, 0) is 43.7 Å². The number of anilines is 1. The molecule has 1 atom stereocenters. The molecule has 0 fully saturated rings. The fourth-order valence-electron chi connectivity index (χ4n) is 1.98. The van der Waals surface area contributed by atoms with Crippen LogP contribution in [0.25, 0.3) is 0 Å². The fourth-order valence-corrected chi connectivity index (χ4v) is 2.10. The van der Waals surface area contributed by atoms with Crippen LogP contribution in [0.5, 0.6) is 0 Å². The Balaban J connectivity index is 2.15. The van der Waals surface area contributed by atoms with Crippen molar-refractivity contribution in [2.45, 2.75) is 19.9 Å². The third kappa shape index (κ3) is 3.31. The monoisotopic (exact) mass is 288 g/mol. The van der Waals surface area contributed by atoms with Gasteiger partial charge in [0, 0.05) is 10.7 Å². The lowest BCUT2D eigenvalue weighted by Crippen LogP contribution is -2.27. The van der Waals surface area contributed by atoms with Crippen LogP contribution in [0.3, 0.4) is 0 Å². The normalized spacial score (nSPS) is 11.9. The molecule has 2 aromatic carbocycles. The minimum atomic E-state index is -0.173. The maximum absolute atomic E-state index is 12.3. The topological polar surface area (TPSA) is 55.1 Å². The number of nitrogen functional groups attached to an aromatic ring is 1. The molecule has 0 aliphatic carbocycles. The Morgan fingerprint density at radius 2 is 1.85 bits per heavy atom. The second kappa shape index (κ2) is 5.97. The second-order valence-electron chi connectivity index (χ2n) is 4.84. The quantitative estimate of drug-likeness (QED) is 0.846. The predicted octanol–water partition coefficient (Wildman–Crippen LogP) is 3.72. The molecule has 104 valence electrons. The van der Waals surface area contributed by atoms with Crippen LogP contribution in [0.2, 0.25) is 5.02 Å². The van der Waals surface area contributed by atoms with E-state index in [1.54, 1.807) is 24.3 Å². The second-order valence-corrected chi connectivity index (χ2v) is 5.27. The number of carbonyl (C=O) groups is 1. The first-order chi connectivity index (χ1) is 9.47. The first-order valence-corrected chi connectivity index (χ1v) is 6.77. The number of halogens is 1. The molecular formula is C16H17ClN2O. The Labute approximate surface area is 123 Å². The van der Waals surface area contributed by atoms with E-state index in [0.29, 0.717) is 16.3 Å². The van der Waals surface area contributed by atoms with Gasteiger partial charge in [-0.2, -0.15) is 0 Å². The molecule has 1 amide bonds. The van der Waals surface area contributed by atoms with E-state index in [1.807, 2.05) is 32.0 Å². The third-order valence-electron chi connectivity index (χ3n) is 3.17. The van der Waals surface area contributed by atoms with Crippen LogP contribution >= 0.6 is 11.6 Å². The van der Waals surface area contributed by atoms with Gasteiger partial charge in [-0.1, -0.05) is 35.4 Å². The number of carbonyl (C=O) groups excluding carboxylic acids is 1. The molecule has 0 radical (unpaired) electrons. The van der Waals surface area contributed by atoms with Crippen molar-refractivity contribution < 1.29 is 4.79 Å². The molecule has 0 bridgehead atoms. The molecule has 0 aliphatic heterocycles. The van der Waals surface area contributed by atoms with Gasteiger partial charge in [-0.15, -0.1) is 0 Å². The van der Waals surface area contributed by atoms with Crippen molar-refractivity contribution in [3.05, 3.63) is 64.2 Å². The Kier molecular flexibility index (Phi) is 4.30. The van der Waals surface area contributed by atoms with E-state index < -0.39 is 0 Å². The van der Waals surface area contributed by atoms with Crippen molar-refractivity contribution in [2.75, 3.05) is 5.73 Å². The van der Waals surface area contributed by atoms with E-state index in [2.05, 4.69) is 5.32 Å². The Morgan fingerprint density at radius 1 is 1.20 bits per heavy atom. The highest BCUT2D eigenvalue weighted by molar-refractivity contribution is 6.30. The Hall–Kier alpha value is -2.00. The van der Waals surface area contributed by atoms with Crippen LogP contribution < -0.4 is 11.1 Å². The van der Waals surface area contributed by atoms with Gasteiger partial charge in [0.1, 0.15) is 0 Å². The molecule has 0 aromatic heterocycles. The lowest BCUT2D eigenvalue weighted by atomic mass is 10.1. The molecule has 3 nitrogen and oxygen atoms in total. The molecule has 0 saturated carbocycles. The molecule has 0 spiro atoms. The Bertz CT molecular complexity index is 623. The standard InChI is InChI=1S/C16H17ClN2O/c1-10-3-8-15(18)14(9-10)16(20)19-11(2)12-4-6-13(17)7-5-12/h3-9,11H,18H2,1-2H3,(H,19,20)/t11-/m0/s1. The van der Waals surface area contributed by atoms with Crippen LogP contribution in [0.4, 0.5) is 5.69 Å². The number of rotatable bonds is 3. The number of benzene rings is 2. The van der Waals surface area contributed by atoms with Gasteiger partial charge in [-0.3, -0.25) is 4.79 Å². The van der Waals surface area contributed by atoms with E-state index in [0.717, 1.165) is 11.1 Å². The summed E-state index contributed by atoms with van der Waals surface area (Å²) in [4.78, 5) is 12.3. The van der Waals surface area contributed by atoms with Gasteiger partial charge in [0.2, 0.25) is 0 Å². The number of hydrogen-bond donors (Lipinski definition) is 2. The summed E-state index contributed by atoms with van der Waals surface area (Å²) in [6, 6.07) is 12.7. The minimum Gasteiger partial charge on any atom is -0.398 e. The van der Waals surface area contributed by atoms with E-state index >= 15 is 0 Å². The lowest BCUT2D eigenvalue weighted by Gasteiger charge is -2.15. The van der Waals surface area contributed by atoms with Crippen molar-refractivity contribution in [3.8, 4) is 0 Å². The number of hydrogen-bond acceptors (Lipinski definition) is 2. The van der Waals surface area contributed by atoms with E-state index in [9.17, 15) is 4.79 Å². The summed E-state index contributed by atoms with van der Waals surface area (Å²) in [5, 5.41) is 3.61. The molecule has 4 heteroatoms. The largest absolute Gasteiger partial charge is 0.398 e. The van der Waals surface area contributed by atoms with Gasteiger partial charge in [0.15, 0.2) is 0 Å². The molecule has 20 heavy (non-hydrogen) atoms. The van der Waals surface area contributed by atoms with E-state index in [1.165, 1.54) is 0 Å². The molecule has 0 heterocycles. The average molecular weight is 289 g/mol. The van der Waals surface area contributed by atoms with Crippen molar-refractivity contribution in [3.63, 3.8) is 0 Å². The number of nitrogens with two attached hydrogens (primary N) is 1. The zero-order valence-corrected chi connectivity index (χ0v) is 12.2. The van der Waals surface area contributed by atoms with Gasteiger partial charge in [0.25, 0.3) is 5.91 Å². The van der Waals surface area contributed by atoms with Crippen molar-refractivity contribution >= 4 is 23.2 Å². The fraction of sp³-hybridized carbons (Fsp3) is 0.188. The van der Waals surface area contributed by atoms with Crippen LogP contribution in [-0.4, -0.2) is 5.91 Å². The summed E-state index contributed by atoms with van der Waals surface area (Å²) in [6.45, 7) is 3.85. The van der Waals surface area contributed by atoms with Gasteiger partial charge >= 0.3 is 0 Å². The number of aryl methyl sites for hydroxylation is 1. The molecule has 0 unspecified atom stereocenters. The van der Waals surface area contributed by atoms with Gasteiger partial charge in [-0.25, -0.2) is 0 Å². The zero-order valence-electron chi connectivity index (χ0n) is 11.5. The van der Waals surface area contributed by atoms with Crippen LogP contribution in [-0.2, 0) is 0 Å². The predicted molar refractivity (Wildman–Crippen MR) is 82.9 cm³/mol. The number of amides is 1. The summed E-state index contributed by atoms with van der Waals surface area (Å²) in [6.07, 6.45) is 0. The molecule has 0 aliphatic rings. The highest BCUT2D eigenvalue weighted by atomic mass is 35.5. The van der Waals surface area contributed by atoms with Crippen molar-refractivity contribution in [2.24, 2.45) is 0 Å². The maximum atomic E-state index is 12.3. The minimum absolute atomic E-state index is 0.111. The molecular weight excluding hydrogens is 272 g/mol. The smallest absolute Gasteiger partial charge is 0.253 e. The van der Waals surface area contributed by atoms with Gasteiger partial charge in [0.05, 0.1) is 11.6 Å². The van der Waals surface area contributed by atoms with Crippen molar-refractivity contribution in [1.82, 2.24) is 5.32 Å². The van der Waals surface area contributed by atoms with E-state index in [4.69, 9.17) is 17.3 Å². The SMILES string of the molecule is Cc1ccc(N)c(C(=O)N[C@@H](C)c2ccc(Cl)cc2)c1.